The summed E-state index contributed by atoms with van der Waals surface area (Å²) in [7, 11) is -3.71. The Kier molecular flexibility index (Phi) is 4.47. The van der Waals surface area contributed by atoms with E-state index in [1.165, 1.54) is 18.5 Å². The highest BCUT2D eigenvalue weighted by atomic mass is 32.2. The van der Waals surface area contributed by atoms with Gasteiger partial charge in [0.2, 0.25) is 0 Å². The van der Waals surface area contributed by atoms with Gasteiger partial charge in [-0.3, -0.25) is 4.79 Å². The van der Waals surface area contributed by atoms with E-state index in [4.69, 9.17) is 5.73 Å². The van der Waals surface area contributed by atoms with Crippen LogP contribution in [0.2, 0.25) is 0 Å². The summed E-state index contributed by atoms with van der Waals surface area (Å²) in [5.41, 5.74) is 6.65. The number of carbonyl (C=O) groups excluding carboxylic acids is 1. The van der Waals surface area contributed by atoms with Crippen LogP contribution in [0.1, 0.15) is 35.7 Å². The summed E-state index contributed by atoms with van der Waals surface area (Å²) in [4.78, 5) is 12.7. The number of amides is 1. The molecule has 1 heterocycles. The molecular weight excluding hydrogens is 338 g/mol. The molecule has 1 fully saturated rings. The zero-order chi connectivity index (χ0) is 18.2. The van der Waals surface area contributed by atoms with Crippen molar-refractivity contribution in [2.75, 3.05) is 6.54 Å². The monoisotopic (exact) mass is 361 g/mol. The predicted molar refractivity (Wildman–Crippen MR) is 95.8 cm³/mol. The first-order valence-electron chi connectivity index (χ1n) is 8.29. The number of hydrogen-bond acceptors (Lipinski definition) is 4. The van der Waals surface area contributed by atoms with E-state index in [0.717, 1.165) is 22.4 Å². The number of aryl methyl sites for hydroxylation is 1. The second-order valence-corrected chi connectivity index (χ2v) is 8.74. The van der Waals surface area contributed by atoms with Crippen molar-refractivity contribution in [2.45, 2.75) is 37.1 Å². The number of rotatable bonds is 6. The summed E-state index contributed by atoms with van der Waals surface area (Å²) >= 11 is 0. The molecule has 1 amide bonds. The summed E-state index contributed by atoms with van der Waals surface area (Å²) in [6, 6.07) is 8.11. The molecule has 0 spiro atoms. The average molecular weight is 361 g/mol. The molecule has 1 aromatic carbocycles. The Bertz CT molecular complexity index is 883. The summed E-state index contributed by atoms with van der Waals surface area (Å²) in [5.74, 6) is 0.0810. The molecule has 0 radical (unpaired) electrons. The molecule has 0 saturated heterocycles. The van der Waals surface area contributed by atoms with Crippen molar-refractivity contribution in [2.24, 2.45) is 11.7 Å². The van der Waals surface area contributed by atoms with Crippen LogP contribution in [0.3, 0.4) is 0 Å². The van der Waals surface area contributed by atoms with Gasteiger partial charge in [0.25, 0.3) is 15.9 Å². The smallest absolute Gasteiger partial charge is 0.267 e. The third-order valence-corrected chi connectivity index (χ3v) is 6.48. The van der Waals surface area contributed by atoms with Crippen molar-refractivity contribution in [3.05, 3.63) is 53.9 Å². The molecule has 6 nitrogen and oxygen atoms in total. The Balaban J connectivity index is 1.82. The molecule has 3 rings (SSSR count). The largest absolute Gasteiger partial charge is 0.345 e. The summed E-state index contributed by atoms with van der Waals surface area (Å²) in [5, 5.41) is 2.96. The highest BCUT2D eigenvalue weighted by Gasteiger charge is 2.41. The lowest BCUT2D eigenvalue weighted by Crippen LogP contribution is -2.53. The summed E-state index contributed by atoms with van der Waals surface area (Å²) < 4.78 is 26.4. The minimum atomic E-state index is -3.71. The highest BCUT2D eigenvalue weighted by molar-refractivity contribution is 7.90. The average Bonchev–Trinajstić information content (AvgIpc) is 3.32. The lowest BCUT2D eigenvalue weighted by Gasteiger charge is -2.29. The first kappa shape index (κ1) is 17.7. The van der Waals surface area contributed by atoms with Crippen LogP contribution in [-0.2, 0) is 10.0 Å². The molecule has 134 valence electrons. The van der Waals surface area contributed by atoms with Gasteiger partial charge in [0, 0.05) is 18.9 Å². The van der Waals surface area contributed by atoms with Gasteiger partial charge in [0.15, 0.2) is 0 Å². The van der Waals surface area contributed by atoms with Crippen molar-refractivity contribution in [3.63, 3.8) is 0 Å². The second-order valence-electron chi connectivity index (χ2n) is 6.90. The number of hydrogen-bond donors (Lipinski definition) is 2. The van der Waals surface area contributed by atoms with E-state index in [0.29, 0.717) is 18.0 Å². The zero-order valence-corrected chi connectivity index (χ0v) is 15.2. The number of nitrogens with zero attached hydrogens (tertiary/aromatic N) is 1. The van der Waals surface area contributed by atoms with E-state index in [2.05, 4.69) is 5.32 Å². The maximum absolute atomic E-state index is 12.7. The van der Waals surface area contributed by atoms with Crippen molar-refractivity contribution >= 4 is 15.9 Å². The van der Waals surface area contributed by atoms with Crippen molar-refractivity contribution < 1.29 is 13.2 Å². The number of benzene rings is 1. The molecule has 1 aromatic heterocycles. The van der Waals surface area contributed by atoms with Gasteiger partial charge in [-0.1, -0.05) is 17.7 Å². The molecule has 1 unspecified atom stereocenters. The molecule has 2 aromatic rings. The Morgan fingerprint density at radius 2 is 1.92 bits per heavy atom. The fraction of sp³-hybridized carbons (Fsp3) is 0.389. The Morgan fingerprint density at radius 1 is 1.28 bits per heavy atom. The summed E-state index contributed by atoms with van der Waals surface area (Å²) in [6.45, 7) is 4.18. The minimum absolute atomic E-state index is 0.186. The fourth-order valence-corrected chi connectivity index (χ4v) is 4.06. The fourth-order valence-electron chi connectivity index (χ4n) is 2.86. The predicted octanol–water partition coefficient (Wildman–Crippen LogP) is 1.89. The van der Waals surface area contributed by atoms with Crippen LogP contribution in [0.25, 0.3) is 0 Å². The van der Waals surface area contributed by atoms with Crippen molar-refractivity contribution in [1.82, 2.24) is 9.29 Å². The quantitative estimate of drug-likeness (QED) is 0.821. The van der Waals surface area contributed by atoms with Gasteiger partial charge in [0.05, 0.1) is 16.0 Å². The van der Waals surface area contributed by atoms with Crippen molar-refractivity contribution in [1.29, 1.82) is 0 Å². The Hall–Kier alpha value is -2.12. The van der Waals surface area contributed by atoms with E-state index >= 15 is 0 Å². The third kappa shape index (κ3) is 3.48. The van der Waals surface area contributed by atoms with Gasteiger partial charge in [-0.05, 0) is 50.8 Å². The van der Waals surface area contributed by atoms with E-state index in [1.807, 2.05) is 13.8 Å². The lowest BCUT2D eigenvalue weighted by atomic mass is 9.95. The van der Waals surface area contributed by atoms with Crippen LogP contribution < -0.4 is 11.1 Å². The minimum Gasteiger partial charge on any atom is -0.345 e. The maximum atomic E-state index is 12.7. The molecule has 1 aliphatic rings. The molecule has 3 N–H and O–H groups in total. The SMILES string of the molecule is Cc1ccc(S(=O)(=O)n2ccc(C(=O)NC(C)(CN)C3CC3)c2)cc1. The second kappa shape index (κ2) is 6.31. The first-order chi connectivity index (χ1) is 11.8. The number of aromatic nitrogens is 1. The molecule has 7 heteroatoms. The van der Waals surface area contributed by atoms with Gasteiger partial charge >= 0.3 is 0 Å². The third-order valence-electron chi connectivity index (χ3n) is 4.83. The molecule has 1 aliphatic carbocycles. The number of carbonyl (C=O) groups is 1. The van der Waals surface area contributed by atoms with Gasteiger partial charge in [-0.2, -0.15) is 0 Å². The van der Waals surface area contributed by atoms with Crippen LogP contribution in [0, 0.1) is 12.8 Å². The van der Waals surface area contributed by atoms with Crippen LogP contribution in [0.15, 0.2) is 47.6 Å². The van der Waals surface area contributed by atoms with Crippen LogP contribution in [-0.4, -0.2) is 30.4 Å². The molecule has 0 bridgehead atoms. The van der Waals surface area contributed by atoms with Gasteiger partial charge in [-0.15, -0.1) is 0 Å². The molecular formula is C18H23N3O3S. The Labute approximate surface area is 148 Å². The van der Waals surface area contributed by atoms with Gasteiger partial charge in [-0.25, -0.2) is 12.4 Å². The van der Waals surface area contributed by atoms with E-state index in [9.17, 15) is 13.2 Å². The topological polar surface area (TPSA) is 94.2 Å². The molecule has 1 atom stereocenters. The molecule has 25 heavy (non-hydrogen) atoms. The lowest BCUT2D eigenvalue weighted by molar-refractivity contribution is 0.0898. The molecule has 0 aliphatic heterocycles. The van der Waals surface area contributed by atoms with E-state index in [-0.39, 0.29) is 10.8 Å². The van der Waals surface area contributed by atoms with Gasteiger partial charge < -0.3 is 11.1 Å². The number of nitrogens with one attached hydrogen (secondary N) is 1. The first-order valence-corrected chi connectivity index (χ1v) is 9.73. The van der Waals surface area contributed by atoms with Crippen LogP contribution in [0.4, 0.5) is 0 Å². The zero-order valence-electron chi connectivity index (χ0n) is 14.4. The highest BCUT2D eigenvalue weighted by Crippen LogP contribution is 2.39. The Morgan fingerprint density at radius 3 is 2.48 bits per heavy atom. The van der Waals surface area contributed by atoms with Crippen LogP contribution in [0.5, 0.6) is 0 Å². The van der Waals surface area contributed by atoms with E-state index < -0.39 is 15.6 Å². The number of nitrogens with two attached hydrogens (primary N) is 1. The standard InChI is InChI=1S/C18H23N3O3S/c1-13-3-7-16(8-4-13)25(23,24)21-10-9-14(11-21)17(22)20-18(2,12-19)15-5-6-15/h3-4,7-11,15H,5-6,12,19H2,1-2H3,(H,20,22). The normalized spacial score (nSPS) is 17.1. The summed E-state index contributed by atoms with van der Waals surface area (Å²) in [6.07, 6.45) is 4.84. The van der Waals surface area contributed by atoms with Crippen molar-refractivity contribution in [3.8, 4) is 0 Å². The van der Waals surface area contributed by atoms with E-state index in [1.54, 1.807) is 24.3 Å². The van der Waals surface area contributed by atoms with Gasteiger partial charge in [0.1, 0.15) is 0 Å². The molecule has 1 saturated carbocycles. The maximum Gasteiger partial charge on any atom is 0.267 e. The van der Waals surface area contributed by atoms with Crippen LogP contribution >= 0.6 is 0 Å².